The van der Waals surface area contributed by atoms with Gasteiger partial charge in [-0.3, -0.25) is 9.59 Å². The number of carboxylic acids is 1. The molecule has 2 N–H and O–H groups in total. The van der Waals surface area contributed by atoms with Crippen molar-refractivity contribution in [2.24, 2.45) is 10.2 Å². The number of amides is 1. The van der Waals surface area contributed by atoms with Crippen LogP contribution in [0, 0.1) is 0 Å². The Morgan fingerprint density at radius 2 is 2.21 bits per heavy atom. The lowest BCUT2D eigenvalue weighted by molar-refractivity contribution is -0.138. The average molecular weight is 416 g/mol. The molecule has 0 aliphatic carbocycles. The van der Waals surface area contributed by atoms with Gasteiger partial charge in [0.2, 0.25) is 5.91 Å². The summed E-state index contributed by atoms with van der Waals surface area (Å²) < 4.78 is 11.2. The van der Waals surface area contributed by atoms with Crippen LogP contribution in [0.5, 0.6) is 11.5 Å². The molecule has 8 nitrogen and oxygen atoms in total. The van der Waals surface area contributed by atoms with Gasteiger partial charge in [-0.05, 0) is 33.6 Å². The summed E-state index contributed by atoms with van der Waals surface area (Å²) in [6.45, 7) is 0. The van der Waals surface area contributed by atoms with E-state index in [4.69, 9.17) is 14.6 Å². The van der Waals surface area contributed by atoms with Gasteiger partial charge in [0, 0.05) is 0 Å². The summed E-state index contributed by atoms with van der Waals surface area (Å²) >= 11 is 4.42. The minimum absolute atomic E-state index is 0.262. The number of halogens is 1. The Morgan fingerprint density at radius 3 is 2.83 bits per heavy atom. The Balaban J connectivity index is 2.10. The Morgan fingerprint density at radius 1 is 1.46 bits per heavy atom. The maximum atomic E-state index is 11.6. The lowest BCUT2D eigenvalue weighted by Gasteiger charge is -2.09. The van der Waals surface area contributed by atoms with Crippen LogP contribution in [0.3, 0.4) is 0 Å². The predicted octanol–water partition coefficient (Wildman–Crippen LogP) is 1.86. The SMILES string of the molecule is COc1cc(/C=N\N=C2\NC(=O)[C@H](CC(=O)O)S2)cc(Br)c1OC. The van der Waals surface area contributed by atoms with Crippen molar-refractivity contribution >= 4 is 51.0 Å². The van der Waals surface area contributed by atoms with Crippen molar-refractivity contribution in [2.45, 2.75) is 11.7 Å². The molecule has 10 heteroatoms. The second-order valence-electron chi connectivity index (χ2n) is 4.58. The predicted molar refractivity (Wildman–Crippen MR) is 94.0 cm³/mol. The molecular weight excluding hydrogens is 402 g/mol. The fraction of sp³-hybridized carbons (Fsp3) is 0.286. The first-order valence-corrected chi connectivity index (χ1v) is 8.33. The number of carboxylic acid groups (broad SMARTS) is 1. The highest BCUT2D eigenvalue weighted by Gasteiger charge is 2.32. The van der Waals surface area contributed by atoms with Crippen molar-refractivity contribution in [3.05, 3.63) is 22.2 Å². The van der Waals surface area contributed by atoms with E-state index < -0.39 is 11.2 Å². The van der Waals surface area contributed by atoms with E-state index in [0.717, 1.165) is 11.8 Å². The van der Waals surface area contributed by atoms with E-state index in [1.165, 1.54) is 20.4 Å². The summed E-state index contributed by atoms with van der Waals surface area (Å²) in [5, 5.41) is 18.6. The summed E-state index contributed by atoms with van der Waals surface area (Å²) in [7, 11) is 3.06. The topological polar surface area (TPSA) is 110 Å². The normalized spacial score (nSPS) is 18.9. The molecule has 1 saturated heterocycles. The third-order valence-corrected chi connectivity index (χ3v) is 4.61. The molecule has 2 rings (SSSR count). The lowest BCUT2D eigenvalue weighted by Crippen LogP contribution is -2.26. The smallest absolute Gasteiger partial charge is 0.305 e. The number of nitrogens with zero attached hydrogens (tertiary/aromatic N) is 2. The quantitative estimate of drug-likeness (QED) is 0.541. The van der Waals surface area contributed by atoms with Gasteiger partial charge in [0.05, 0.1) is 31.3 Å². The number of carbonyl (C=O) groups excluding carboxylic acids is 1. The number of carbonyl (C=O) groups is 2. The molecule has 0 aromatic heterocycles. The number of thioether (sulfide) groups is 1. The zero-order valence-corrected chi connectivity index (χ0v) is 15.2. The highest BCUT2D eigenvalue weighted by atomic mass is 79.9. The monoisotopic (exact) mass is 415 g/mol. The summed E-state index contributed by atoms with van der Waals surface area (Å²) in [5.41, 5.74) is 0.709. The molecule has 1 atom stereocenters. The number of nitrogens with one attached hydrogen (secondary N) is 1. The van der Waals surface area contributed by atoms with Crippen LogP contribution in [0.1, 0.15) is 12.0 Å². The van der Waals surface area contributed by atoms with Crippen LogP contribution in [-0.4, -0.2) is 47.8 Å². The molecule has 0 spiro atoms. The zero-order chi connectivity index (χ0) is 17.7. The van der Waals surface area contributed by atoms with Crippen LogP contribution >= 0.6 is 27.7 Å². The van der Waals surface area contributed by atoms with Crippen molar-refractivity contribution < 1.29 is 24.2 Å². The number of hydrogen-bond donors (Lipinski definition) is 2. The number of benzene rings is 1. The molecule has 24 heavy (non-hydrogen) atoms. The van der Waals surface area contributed by atoms with Gasteiger partial charge >= 0.3 is 5.97 Å². The zero-order valence-electron chi connectivity index (χ0n) is 12.8. The lowest BCUT2D eigenvalue weighted by atomic mass is 10.2. The summed E-state index contributed by atoms with van der Waals surface area (Å²) in [5.74, 6) is -0.324. The Labute approximate surface area is 150 Å². The van der Waals surface area contributed by atoms with Gasteiger partial charge in [-0.2, -0.15) is 5.10 Å². The van der Waals surface area contributed by atoms with Crippen molar-refractivity contribution in [2.75, 3.05) is 14.2 Å². The first kappa shape index (κ1) is 18.3. The number of amidine groups is 1. The van der Waals surface area contributed by atoms with E-state index in [1.54, 1.807) is 12.1 Å². The second kappa shape index (κ2) is 8.15. The molecule has 0 unspecified atom stereocenters. The fourth-order valence-electron chi connectivity index (χ4n) is 1.91. The molecule has 0 radical (unpaired) electrons. The van der Waals surface area contributed by atoms with Gasteiger partial charge in [0.1, 0.15) is 5.25 Å². The highest BCUT2D eigenvalue weighted by Crippen LogP contribution is 2.35. The average Bonchev–Trinajstić information content (AvgIpc) is 2.85. The van der Waals surface area contributed by atoms with Crippen molar-refractivity contribution in [3.63, 3.8) is 0 Å². The number of hydrogen-bond acceptors (Lipinski definition) is 7. The number of methoxy groups -OCH3 is 2. The van der Waals surface area contributed by atoms with Gasteiger partial charge in [-0.25, -0.2) is 0 Å². The Kier molecular flexibility index (Phi) is 6.21. The van der Waals surface area contributed by atoms with E-state index in [0.29, 0.717) is 21.5 Å². The number of aliphatic carboxylic acids is 1. The van der Waals surface area contributed by atoms with Crippen molar-refractivity contribution in [1.82, 2.24) is 5.32 Å². The first-order valence-electron chi connectivity index (χ1n) is 6.66. The molecule has 1 fully saturated rings. The van der Waals surface area contributed by atoms with E-state index in [2.05, 4.69) is 31.4 Å². The van der Waals surface area contributed by atoms with Crippen LogP contribution < -0.4 is 14.8 Å². The van der Waals surface area contributed by atoms with E-state index in [1.807, 2.05) is 0 Å². The molecule has 1 heterocycles. The third-order valence-electron chi connectivity index (χ3n) is 2.95. The van der Waals surface area contributed by atoms with Gasteiger partial charge in [-0.1, -0.05) is 11.8 Å². The van der Waals surface area contributed by atoms with E-state index >= 15 is 0 Å². The summed E-state index contributed by atoms with van der Waals surface area (Å²) in [6, 6.07) is 3.50. The van der Waals surface area contributed by atoms with Crippen LogP contribution in [0.25, 0.3) is 0 Å². The number of rotatable bonds is 6. The summed E-state index contributed by atoms with van der Waals surface area (Å²) in [4.78, 5) is 22.2. The van der Waals surface area contributed by atoms with Crippen LogP contribution in [-0.2, 0) is 9.59 Å². The summed E-state index contributed by atoms with van der Waals surface area (Å²) in [6.07, 6.45) is 1.22. The maximum Gasteiger partial charge on any atom is 0.305 e. The van der Waals surface area contributed by atoms with Crippen LogP contribution in [0.2, 0.25) is 0 Å². The second-order valence-corrected chi connectivity index (χ2v) is 6.63. The molecule has 1 amide bonds. The standard InChI is InChI=1S/C14H14BrN3O5S/c1-22-9-4-7(3-8(15)12(9)23-2)6-16-18-14-17-13(21)10(24-14)5-11(19)20/h3-4,6,10H,5H2,1-2H3,(H,19,20)(H,17,18,21)/b16-6-/t10-/m0/s1. The third kappa shape index (κ3) is 4.48. The fourth-order valence-corrected chi connectivity index (χ4v) is 3.44. The van der Waals surface area contributed by atoms with Crippen LogP contribution in [0.4, 0.5) is 0 Å². The van der Waals surface area contributed by atoms with Crippen LogP contribution in [0.15, 0.2) is 26.8 Å². The molecular formula is C14H14BrN3O5S. The van der Waals surface area contributed by atoms with Gasteiger partial charge in [0.25, 0.3) is 0 Å². The molecule has 0 saturated carbocycles. The molecule has 0 bridgehead atoms. The maximum absolute atomic E-state index is 11.6. The molecule has 1 aromatic rings. The Hall–Kier alpha value is -2.07. The molecule has 1 aliphatic heterocycles. The molecule has 1 aliphatic rings. The van der Waals surface area contributed by atoms with Gasteiger partial charge in [0.15, 0.2) is 16.7 Å². The first-order chi connectivity index (χ1) is 11.4. The van der Waals surface area contributed by atoms with Gasteiger partial charge < -0.3 is 19.9 Å². The largest absolute Gasteiger partial charge is 0.493 e. The highest BCUT2D eigenvalue weighted by molar-refractivity contribution is 9.10. The van der Waals surface area contributed by atoms with E-state index in [9.17, 15) is 9.59 Å². The molecule has 1 aromatic carbocycles. The minimum atomic E-state index is -1.04. The van der Waals surface area contributed by atoms with Crippen molar-refractivity contribution in [1.29, 1.82) is 0 Å². The minimum Gasteiger partial charge on any atom is -0.493 e. The molecule has 128 valence electrons. The van der Waals surface area contributed by atoms with Gasteiger partial charge in [-0.15, -0.1) is 5.10 Å². The number of ether oxygens (including phenoxy) is 2. The Bertz CT molecular complexity index is 723. The van der Waals surface area contributed by atoms with E-state index in [-0.39, 0.29) is 17.5 Å². The van der Waals surface area contributed by atoms with Crippen molar-refractivity contribution in [3.8, 4) is 11.5 Å².